The van der Waals surface area contributed by atoms with Gasteiger partial charge in [0.25, 0.3) is 10.1 Å². The van der Waals surface area contributed by atoms with Crippen LogP contribution in [0.4, 0.5) is 5.69 Å². The topological polar surface area (TPSA) is 120 Å². The maximum Gasteiger partial charge on any atom is 0.296 e. The zero-order valence-corrected chi connectivity index (χ0v) is 18.2. The minimum Gasteiger partial charge on any atom is -0.325 e. The second kappa shape index (κ2) is 8.48. The van der Waals surface area contributed by atoms with Crippen LogP contribution in [0.2, 0.25) is 0 Å². The molecule has 1 heterocycles. The van der Waals surface area contributed by atoms with Gasteiger partial charge in [0.1, 0.15) is 16.3 Å². The normalized spacial score (nSPS) is 10.9. The van der Waals surface area contributed by atoms with Gasteiger partial charge >= 0.3 is 0 Å². The summed E-state index contributed by atoms with van der Waals surface area (Å²) in [5.41, 5.74) is 2.22. The van der Waals surface area contributed by atoms with Gasteiger partial charge in [-0.2, -0.15) is 13.7 Å². The number of thiazole rings is 1. The van der Waals surface area contributed by atoms with Crippen LogP contribution >= 0.6 is 11.3 Å². The Balaban J connectivity index is 0.00000261. The zero-order valence-electron chi connectivity index (χ0n) is 14.6. The van der Waals surface area contributed by atoms with E-state index < -0.39 is 16.0 Å². The molecule has 10 heteroatoms. The summed E-state index contributed by atoms with van der Waals surface area (Å²) in [7, 11) is -4.36. The van der Waals surface area contributed by atoms with Crippen molar-refractivity contribution in [3.8, 4) is 16.6 Å². The number of fused-ring (bicyclic) bond motifs is 1. The predicted octanol–water partition coefficient (Wildman–Crippen LogP) is 2.99. The van der Waals surface area contributed by atoms with E-state index in [0.717, 1.165) is 5.56 Å². The van der Waals surface area contributed by atoms with Crippen molar-refractivity contribution < 1.29 is 17.8 Å². The number of rotatable bonds is 4. The number of hydrogen-bond donors (Lipinski definition) is 2. The van der Waals surface area contributed by atoms with Gasteiger partial charge in [0.2, 0.25) is 5.91 Å². The summed E-state index contributed by atoms with van der Waals surface area (Å²) in [6.45, 7) is 1.61. The van der Waals surface area contributed by atoms with Crippen molar-refractivity contribution in [2.45, 2.75) is 18.2 Å². The number of anilines is 1. The molecular formula is C17H13N3NaO4S2. The van der Waals surface area contributed by atoms with Gasteiger partial charge in [-0.05, 0) is 42.8 Å². The number of carbonyl (C=O) groups excluding carboxylic acids is 1. The van der Waals surface area contributed by atoms with E-state index >= 15 is 0 Å². The number of nitriles is 1. The Morgan fingerprint density at radius 3 is 2.52 bits per heavy atom. The molecule has 27 heavy (non-hydrogen) atoms. The van der Waals surface area contributed by atoms with E-state index in [4.69, 9.17) is 5.26 Å². The Morgan fingerprint density at radius 1 is 1.26 bits per heavy atom. The van der Waals surface area contributed by atoms with Gasteiger partial charge in [-0.1, -0.05) is 6.07 Å². The molecule has 0 aliphatic rings. The number of benzene rings is 2. The first-order chi connectivity index (χ1) is 12.3. The molecule has 133 valence electrons. The van der Waals surface area contributed by atoms with Gasteiger partial charge in [0, 0.05) is 40.8 Å². The fourth-order valence-corrected chi connectivity index (χ4v) is 4.80. The number of amides is 1. The van der Waals surface area contributed by atoms with E-state index in [-0.39, 0.29) is 40.9 Å². The minimum atomic E-state index is -4.36. The Bertz CT molecular complexity index is 1150. The van der Waals surface area contributed by atoms with Gasteiger partial charge < -0.3 is 5.32 Å². The van der Waals surface area contributed by atoms with Crippen molar-refractivity contribution >= 4 is 72.8 Å². The van der Waals surface area contributed by atoms with Gasteiger partial charge in [0.15, 0.2) is 0 Å². The van der Waals surface area contributed by atoms with Crippen molar-refractivity contribution in [2.75, 3.05) is 5.32 Å². The third-order valence-corrected chi connectivity index (χ3v) is 5.93. The van der Waals surface area contributed by atoms with E-state index in [2.05, 4.69) is 10.3 Å². The summed E-state index contributed by atoms with van der Waals surface area (Å²) in [6, 6.07) is 11.9. The Labute approximate surface area is 182 Å². The van der Waals surface area contributed by atoms with E-state index in [1.165, 1.54) is 11.3 Å². The van der Waals surface area contributed by atoms with E-state index in [9.17, 15) is 17.8 Å². The van der Waals surface area contributed by atoms with Crippen LogP contribution in [0.25, 0.3) is 20.8 Å². The summed E-state index contributed by atoms with van der Waals surface area (Å²) >= 11 is 1.17. The molecule has 0 unspecified atom stereocenters. The number of nitrogens with zero attached hydrogens (tertiary/aromatic N) is 2. The van der Waals surface area contributed by atoms with Crippen molar-refractivity contribution in [3.63, 3.8) is 0 Å². The maximum atomic E-state index is 11.7. The maximum absolute atomic E-state index is 11.7. The first-order valence-corrected chi connectivity index (χ1v) is 9.70. The number of nitrogens with one attached hydrogen (secondary N) is 1. The van der Waals surface area contributed by atoms with Crippen molar-refractivity contribution in [1.82, 2.24) is 4.98 Å². The summed E-state index contributed by atoms with van der Waals surface area (Å²) in [5, 5.41) is 11.7. The van der Waals surface area contributed by atoms with Crippen molar-refractivity contribution in [2.24, 2.45) is 0 Å². The summed E-state index contributed by atoms with van der Waals surface area (Å²) < 4.78 is 33.3. The van der Waals surface area contributed by atoms with Crippen molar-refractivity contribution in [3.05, 3.63) is 42.0 Å². The zero-order chi connectivity index (χ0) is 18.9. The summed E-state index contributed by atoms with van der Waals surface area (Å²) in [5.74, 6) is -0.395. The SMILES string of the molecule is Cc1ccc2nc(-c3ccc(NC(=O)CC#N)cc3)sc2c1S(=O)(=O)O.[Na]. The molecule has 2 N–H and O–H groups in total. The quantitative estimate of drug-likeness (QED) is 0.504. The molecule has 1 amide bonds. The number of carbonyl (C=O) groups is 1. The molecule has 1 aromatic heterocycles. The van der Waals surface area contributed by atoms with E-state index in [1.54, 1.807) is 49.4 Å². The predicted molar refractivity (Wildman–Crippen MR) is 104 cm³/mol. The number of aryl methyl sites for hydroxylation is 1. The second-order valence-corrected chi connectivity index (χ2v) is 7.87. The van der Waals surface area contributed by atoms with E-state index in [0.29, 0.717) is 26.5 Å². The summed E-state index contributed by atoms with van der Waals surface area (Å²) in [6.07, 6.45) is -0.225. The van der Waals surface area contributed by atoms with Crippen LogP contribution in [0.15, 0.2) is 41.3 Å². The van der Waals surface area contributed by atoms with Gasteiger partial charge in [-0.3, -0.25) is 9.35 Å². The molecule has 0 fully saturated rings. The van der Waals surface area contributed by atoms with Crippen LogP contribution in [0, 0.1) is 18.3 Å². The first kappa shape index (κ1) is 21.5. The van der Waals surface area contributed by atoms with Crippen LogP contribution in [0.5, 0.6) is 0 Å². The van der Waals surface area contributed by atoms with Crippen LogP contribution in [0.1, 0.15) is 12.0 Å². The average molecular weight is 410 g/mol. The van der Waals surface area contributed by atoms with Crippen LogP contribution < -0.4 is 5.32 Å². The molecule has 0 spiro atoms. The molecule has 0 aliphatic carbocycles. The summed E-state index contributed by atoms with van der Waals surface area (Å²) in [4.78, 5) is 15.7. The van der Waals surface area contributed by atoms with E-state index in [1.807, 2.05) is 0 Å². The average Bonchev–Trinajstić information content (AvgIpc) is 2.98. The molecule has 0 saturated heterocycles. The standard InChI is InChI=1S/C17H13N3O4S2.Na/c1-10-2-7-13-15(16(10)26(22,23)24)25-17(20-13)11-3-5-12(6-4-11)19-14(21)8-9-18;/h2-7H,8H2,1H3,(H,19,21)(H,22,23,24);. The Morgan fingerprint density at radius 2 is 1.93 bits per heavy atom. The Hall–Kier alpha value is -1.80. The van der Waals surface area contributed by atoms with Crippen molar-refractivity contribution in [1.29, 1.82) is 5.26 Å². The molecule has 7 nitrogen and oxygen atoms in total. The smallest absolute Gasteiger partial charge is 0.296 e. The molecule has 3 aromatic rings. The van der Waals surface area contributed by atoms with Crippen LogP contribution in [0.3, 0.4) is 0 Å². The molecule has 1 radical (unpaired) electrons. The molecule has 0 saturated carbocycles. The fourth-order valence-electron chi connectivity index (χ4n) is 2.48. The molecule has 0 atom stereocenters. The minimum absolute atomic E-state index is 0. The molecule has 0 bridgehead atoms. The number of aromatic nitrogens is 1. The monoisotopic (exact) mass is 410 g/mol. The molecule has 0 aliphatic heterocycles. The van der Waals surface area contributed by atoms with Gasteiger partial charge in [-0.15, -0.1) is 11.3 Å². The second-order valence-electron chi connectivity index (χ2n) is 5.51. The fraction of sp³-hybridized carbons (Fsp3) is 0.118. The van der Waals surface area contributed by atoms with Gasteiger partial charge in [0.05, 0.1) is 16.3 Å². The first-order valence-electron chi connectivity index (χ1n) is 7.44. The van der Waals surface area contributed by atoms with Gasteiger partial charge in [-0.25, -0.2) is 4.98 Å². The van der Waals surface area contributed by atoms with Crippen LogP contribution in [-0.4, -0.2) is 53.4 Å². The van der Waals surface area contributed by atoms with Crippen LogP contribution in [-0.2, 0) is 14.9 Å². The number of hydrogen-bond acceptors (Lipinski definition) is 6. The third-order valence-electron chi connectivity index (χ3n) is 3.62. The largest absolute Gasteiger partial charge is 0.325 e. The molecule has 2 aromatic carbocycles. The molecular weight excluding hydrogens is 397 g/mol. The third kappa shape index (κ3) is 4.73. The molecule has 3 rings (SSSR count). The Kier molecular flexibility index (Phi) is 6.75.